The zero-order valence-electron chi connectivity index (χ0n) is 12.5. The van der Waals surface area contributed by atoms with Gasteiger partial charge in [0.05, 0.1) is 17.9 Å². The molecule has 1 aromatic heterocycles. The summed E-state index contributed by atoms with van der Waals surface area (Å²) in [6, 6.07) is 7.70. The SMILES string of the molecule is CNC(Cc1c(C)cc(C)cc1C)c1ccc(F)cn1. The molecule has 0 bridgehead atoms. The number of nitrogens with one attached hydrogen (secondary N) is 1. The molecule has 0 amide bonds. The first-order valence-electron chi connectivity index (χ1n) is 6.86. The smallest absolute Gasteiger partial charge is 0.141 e. The second-order valence-corrected chi connectivity index (χ2v) is 5.32. The first kappa shape index (κ1) is 14.7. The van der Waals surface area contributed by atoms with Gasteiger partial charge in [0.1, 0.15) is 5.82 Å². The summed E-state index contributed by atoms with van der Waals surface area (Å²) in [6.07, 6.45) is 2.13. The number of likely N-dealkylation sites (N-methyl/N-ethyl adjacent to an activating group) is 1. The molecule has 0 aliphatic rings. The number of rotatable bonds is 4. The summed E-state index contributed by atoms with van der Waals surface area (Å²) >= 11 is 0. The molecule has 2 nitrogen and oxygen atoms in total. The predicted molar refractivity (Wildman–Crippen MR) is 80.4 cm³/mol. The van der Waals surface area contributed by atoms with Crippen molar-refractivity contribution in [3.8, 4) is 0 Å². The van der Waals surface area contributed by atoms with Crippen molar-refractivity contribution in [2.24, 2.45) is 0 Å². The van der Waals surface area contributed by atoms with Gasteiger partial charge in [0.25, 0.3) is 0 Å². The molecule has 106 valence electrons. The van der Waals surface area contributed by atoms with E-state index < -0.39 is 0 Å². The van der Waals surface area contributed by atoms with Crippen molar-refractivity contribution >= 4 is 0 Å². The van der Waals surface area contributed by atoms with Crippen LogP contribution in [0.5, 0.6) is 0 Å². The van der Waals surface area contributed by atoms with Gasteiger partial charge < -0.3 is 5.32 Å². The maximum Gasteiger partial charge on any atom is 0.141 e. The highest BCUT2D eigenvalue weighted by atomic mass is 19.1. The molecule has 2 aromatic rings. The highest BCUT2D eigenvalue weighted by Gasteiger charge is 2.14. The van der Waals surface area contributed by atoms with Crippen LogP contribution in [0.3, 0.4) is 0 Å². The fourth-order valence-corrected chi connectivity index (χ4v) is 2.68. The van der Waals surface area contributed by atoms with Crippen LogP contribution in [0.25, 0.3) is 0 Å². The summed E-state index contributed by atoms with van der Waals surface area (Å²) < 4.78 is 13.0. The monoisotopic (exact) mass is 272 g/mol. The first-order chi connectivity index (χ1) is 9.51. The number of nitrogens with zero attached hydrogens (tertiary/aromatic N) is 1. The van der Waals surface area contributed by atoms with Crippen LogP contribution in [0.2, 0.25) is 0 Å². The fourth-order valence-electron chi connectivity index (χ4n) is 2.68. The fraction of sp³-hybridized carbons (Fsp3) is 0.353. The normalized spacial score (nSPS) is 12.4. The zero-order valence-corrected chi connectivity index (χ0v) is 12.5. The average molecular weight is 272 g/mol. The van der Waals surface area contributed by atoms with E-state index in [0.29, 0.717) is 0 Å². The van der Waals surface area contributed by atoms with E-state index in [4.69, 9.17) is 0 Å². The van der Waals surface area contributed by atoms with Gasteiger partial charge in [0, 0.05) is 0 Å². The quantitative estimate of drug-likeness (QED) is 0.919. The molecular weight excluding hydrogens is 251 g/mol. The highest BCUT2D eigenvalue weighted by molar-refractivity contribution is 5.38. The summed E-state index contributed by atoms with van der Waals surface area (Å²) in [6.45, 7) is 6.39. The second kappa shape index (κ2) is 6.14. The molecule has 3 heteroatoms. The van der Waals surface area contributed by atoms with Crippen LogP contribution in [-0.4, -0.2) is 12.0 Å². The van der Waals surface area contributed by atoms with Crippen molar-refractivity contribution in [3.63, 3.8) is 0 Å². The maximum atomic E-state index is 13.0. The van der Waals surface area contributed by atoms with E-state index in [2.05, 4.69) is 43.2 Å². The number of halogens is 1. The molecule has 1 aromatic carbocycles. The van der Waals surface area contributed by atoms with Crippen LogP contribution in [-0.2, 0) is 6.42 Å². The molecule has 1 unspecified atom stereocenters. The molecule has 0 fully saturated rings. The van der Waals surface area contributed by atoms with Gasteiger partial charge in [-0.2, -0.15) is 0 Å². The Morgan fingerprint density at radius 3 is 2.30 bits per heavy atom. The van der Waals surface area contributed by atoms with E-state index in [1.807, 2.05) is 7.05 Å². The Hall–Kier alpha value is -1.74. The summed E-state index contributed by atoms with van der Waals surface area (Å²) in [5.74, 6) is -0.300. The lowest BCUT2D eigenvalue weighted by Crippen LogP contribution is -2.21. The van der Waals surface area contributed by atoms with Gasteiger partial charge in [-0.15, -0.1) is 0 Å². The predicted octanol–water partition coefficient (Wildman–Crippen LogP) is 3.65. The largest absolute Gasteiger partial charge is 0.311 e. The number of aromatic nitrogens is 1. The van der Waals surface area contributed by atoms with E-state index in [1.54, 1.807) is 6.07 Å². The lowest BCUT2D eigenvalue weighted by atomic mass is 9.93. The molecule has 20 heavy (non-hydrogen) atoms. The Morgan fingerprint density at radius 1 is 1.15 bits per heavy atom. The Balaban J connectivity index is 2.29. The summed E-state index contributed by atoms with van der Waals surface area (Å²) in [7, 11) is 1.91. The van der Waals surface area contributed by atoms with Crippen LogP contribution in [0.1, 0.15) is 34.0 Å². The van der Waals surface area contributed by atoms with Gasteiger partial charge >= 0.3 is 0 Å². The van der Waals surface area contributed by atoms with Crippen LogP contribution in [0.4, 0.5) is 4.39 Å². The van der Waals surface area contributed by atoms with Gasteiger partial charge in [-0.1, -0.05) is 17.7 Å². The average Bonchev–Trinajstić information content (AvgIpc) is 2.39. The van der Waals surface area contributed by atoms with Crippen LogP contribution in [0.15, 0.2) is 30.5 Å². The third kappa shape index (κ3) is 3.23. The van der Waals surface area contributed by atoms with Gasteiger partial charge in [0.15, 0.2) is 0 Å². The van der Waals surface area contributed by atoms with Crippen LogP contribution >= 0.6 is 0 Å². The first-order valence-corrected chi connectivity index (χ1v) is 6.86. The van der Waals surface area contributed by atoms with E-state index in [1.165, 1.54) is 34.5 Å². The van der Waals surface area contributed by atoms with Crippen molar-refractivity contribution in [1.29, 1.82) is 0 Å². The Morgan fingerprint density at radius 2 is 1.80 bits per heavy atom. The third-order valence-electron chi connectivity index (χ3n) is 3.70. The van der Waals surface area contributed by atoms with E-state index in [0.717, 1.165) is 12.1 Å². The van der Waals surface area contributed by atoms with Gasteiger partial charge in [0.2, 0.25) is 0 Å². The minimum atomic E-state index is -0.300. The molecule has 0 spiro atoms. The number of hydrogen-bond acceptors (Lipinski definition) is 2. The van der Waals surface area contributed by atoms with Crippen molar-refractivity contribution in [2.45, 2.75) is 33.2 Å². The molecule has 0 aliphatic carbocycles. The topological polar surface area (TPSA) is 24.9 Å². The lowest BCUT2D eigenvalue weighted by molar-refractivity contribution is 0.563. The molecule has 1 atom stereocenters. The molecule has 2 rings (SSSR count). The van der Waals surface area contributed by atoms with Crippen molar-refractivity contribution in [2.75, 3.05) is 7.05 Å². The lowest BCUT2D eigenvalue weighted by Gasteiger charge is -2.19. The minimum Gasteiger partial charge on any atom is -0.311 e. The molecule has 0 saturated heterocycles. The van der Waals surface area contributed by atoms with Gasteiger partial charge in [-0.05, 0) is 63.1 Å². The Kier molecular flexibility index (Phi) is 4.50. The Bertz CT molecular complexity index is 567. The van der Waals surface area contributed by atoms with Crippen molar-refractivity contribution in [1.82, 2.24) is 10.3 Å². The van der Waals surface area contributed by atoms with Crippen LogP contribution in [0, 0.1) is 26.6 Å². The number of pyridine rings is 1. The number of benzene rings is 1. The van der Waals surface area contributed by atoms with E-state index in [-0.39, 0.29) is 11.9 Å². The van der Waals surface area contributed by atoms with Gasteiger partial charge in [-0.3, -0.25) is 4.98 Å². The maximum absolute atomic E-state index is 13.0. The second-order valence-electron chi connectivity index (χ2n) is 5.32. The standard InChI is InChI=1S/C17H21FN2/c1-11-7-12(2)15(13(3)8-11)9-17(19-4)16-6-5-14(18)10-20-16/h5-8,10,17,19H,9H2,1-4H3. The molecule has 0 saturated carbocycles. The summed E-state index contributed by atoms with van der Waals surface area (Å²) in [4.78, 5) is 4.18. The van der Waals surface area contributed by atoms with E-state index >= 15 is 0 Å². The number of hydrogen-bond donors (Lipinski definition) is 1. The summed E-state index contributed by atoms with van der Waals surface area (Å²) in [5.41, 5.74) is 6.08. The number of aryl methyl sites for hydroxylation is 3. The summed E-state index contributed by atoms with van der Waals surface area (Å²) in [5, 5.41) is 3.27. The molecule has 1 N–H and O–H groups in total. The zero-order chi connectivity index (χ0) is 14.7. The minimum absolute atomic E-state index is 0.0932. The van der Waals surface area contributed by atoms with Crippen molar-refractivity contribution in [3.05, 3.63) is 64.2 Å². The molecule has 0 aliphatic heterocycles. The Labute approximate surface area is 120 Å². The van der Waals surface area contributed by atoms with Gasteiger partial charge in [-0.25, -0.2) is 4.39 Å². The molecule has 0 radical (unpaired) electrons. The van der Waals surface area contributed by atoms with Crippen molar-refractivity contribution < 1.29 is 4.39 Å². The highest BCUT2D eigenvalue weighted by Crippen LogP contribution is 2.23. The third-order valence-corrected chi connectivity index (χ3v) is 3.70. The molecule has 1 heterocycles. The molecular formula is C17H21FN2. The van der Waals surface area contributed by atoms with E-state index in [9.17, 15) is 4.39 Å². The van der Waals surface area contributed by atoms with Crippen LogP contribution < -0.4 is 5.32 Å².